The van der Waals surface area contributed by atoms with Gasteiger partial charge in [-0.05, 0) is 36.6 Å². The molecule has 1 aliphatic heterocycles. The van der Waals surface area contributed by atoms with E-state index < -0.39 is 0 Å². The van der Waals surface area contributed by atoms with Gasteiger partial charge < -0.3 is 10.5 Å². The summed E-state index contributed by atoms with van der Waals surface area (Å²) in [6.07, 6.45) is 1.83. The summed E-state index contributed by atoms with van der Waals surface area (Å²) in [6.45, 7) is 0.525. The molecule has 0 aliphatic carbocycles. The molecule has 1 heterocycles. The highest BCUT2D eigenvalue weighted by Gasteiger charge is 2.18. The molecule has 2 rings (SSSR count). The van der Waals surface area contributed by atoms with E-state index in [0.29, 0.717) is 6.54 Å². The second-order valence-electron chi connectivity index (χ2n) is 3.27. The number of hydrogen-bond donors (Lipinski definition) is 1. The highest BCUT2D eigenvalue weighted by atomic mass is 19.1. The van der Waals surface area contributed by atoms with E-state index >= 15 is 0 Å². The van der Waals surface area contributed by atoms with Gasteiger partial charge in [-0.2, -0.15) is 0 Å². The number of halogens is 1. The van der Waals surface area contributed by atoms with Crippen molar-refractivity contribution in [2.75, 3.05) is 6.54 Å². The van der Waals surface area contributed by atoms with Gasteiger partial charge in [0, 0.05) is 6.54 Å². The van der Waals surface area contributed by atoms with Gasteiger partial charge in [-0.25, -0.2) is 4.39 Å². The molecule has 0 radical (unpaired) electrons. The number of fused-ring (bicyclic) bond motifs is 1. The smallest absolute Gasteiger partial charge is 0.123 e. The third-order valence-electron chi connectivity index (χ3n) is 2.31. The zero-order valence-corrected chi connectivity index (χ0v) is 7.29. The third kappa shape index (κ3) is 1.65. The van der Waals surface area contributed by atoms with E-state index in [1.165, 1.54) is 12.1 Å². The standard InChI is InChI=1S/C10H12FNO/c11-8-2-4-10-7(5-8)1-3-9(6-12)13-10/h2,4-5,9H,1,3,6,12H2/t9-/m1/s1. The molecule has 2 N–H and O–H groups in total. The monoisotopic (exact) mass is 181 g/mol. The van der Waals surface area contributed by atoms with Crippen molar-refractivity contribution in [2.45, 2.75) is 18.9 Å². The first kappa shape index (κ1) is 8.51. The minimum atomic E-state index is -0.200. The predicted molar refractivity (Wildman–Crippen MR) is 48.2 cm³/mol. The van der Waals surface area contributed by atoms with E-state index in [0.717, 1.165) is 24.2 Å². The molecule has 13 heavy (non-hydrogen) atoms. The van der Waals surface area contributed by atoms with Crippen LogP contribution in [0.25, 0.3) is 0 Å². The quantitative estimate of drug-likeness (QED) is 0.712. The van der Waals surface area contributed by atoms with Gasteiger partial charge in [0.1, 0.15) is 17.7 Å². The van der Waals surface area contributed by atoms with Gasteiger partial charge in [-0.15, -0.1) is 0 Å². The average molecular weight is 181 g/mol. The molecule has 0 saturated carbocycles. The number of rotatable bonds is 1. The Morgan fingerprint density at radius 1 is 1.54 bits per heavy atom. The molecule has 0 fully saturated rings. The Balaban J connectivity index is 2.26. The fraction of sp³-hybridized carbons (Fsp3) is 0.400. The molecule has 0 bridgehead atoms. The maximum Gasteiger partial charge on any atom is 0.123 e. The van der Waals surface area contributed by atoms with Gasteiger partial charge in [0.25, 0.3) is 0 Å². The van der Waals surface area contributed by atoms with Crippen LogP contribution < -0.4 is 10.5 Å². The number of nitrogens with two attached hydrogens (primary N) is 1. The van der Waals surface area contributed by atoms with E-state index in [1.54, 1.807) is 6.07 Å². The van der Waals surface area contributed by atoms with Crippen LogP contribution in [-0.2, 0) is 6.42 Å². The lowest BCUT2D eigenvalue weighted by molar-refractivity contribution is 0.181. The Bertz CT molecular complexity index is 314. The molecule has 70 valence electrons. The number of benzene rings is 1. The van der Waals surface area contributed by atoms with E-state index in [9.17, 15) is 4.39 Å². The third-order valence-corrected chi connectivity index (χ3v) is 2.31. The van der Waals surface area contributed by atoms with Crippen molar-refractivity contribution in [1.29, 1.82) is 0 Å². The summed E-state index contributed by atoms with van der Waals surface area (Å²) in [5.41, 5.74) is 6.44. The Kier molecular flexibility index (Phi) is 2.19. The maximum absolute atomic E-state index is 12.8. The molecular formula is C10H12FNO. The molecule has 0 spiro atoms. The summed E-state index contributed by atoms with van der Waals surface area (Å²) in [7, 11) is 0. The summed E-state index contributed by atoms with van der Waals surface area (Å²) in [4.78, 5) is 0. The van der Waals surface area contributed by atoms with Crippen LogP contribution in [0.1, 0.15) is 12.0 Å². The SMILES string of the molecule is NC[C@H]1CCc2cc(F)ccc2O1. The first-order valence-corrected chi connectivity index (χ1v) is 4.45. The number of hydrogen-bond acceptors (Lipinski definition) is 2. The number of aryl methyl sites for hydroxylation is 1. The van der Waals surface area contributed by atoms with Crippen LogP contribution >= 0.6 is 0 Å². The molecule has 1 atom stereocenters. The number of ether oxygens (including phenoxy) is 1. The molecule has 1 aliphatic rings. The van der Waals surface area contributed by atoms with Crippen LogP contribution in [0, 0.1) is 5.82 Å². The Labute approximate surface area is 76.5 Å². The van der Waals surface area contributed by atoms with Crippen LogP contribution in [0.4, 0.5) is 4.39 Å². The predicted octanol–water partition coefficient (Wildman–Crippen LogP) is 1.48. The summed E-state index contributed by atoms with van der Waals surface area (Å²) in [6, 6.07) is 4.62. The maximum atomic E-state index is 12.8. The van der Waals surface area contributed by atoms with Crippen LogP contribution in [0.5, 0.6) is 5.75 Å². The van der Waals surface area contributed by atoms with E-state index in [4.69, 9.17) is 10.5 Å². The summed E-state index contributed by atoms with van der Waals surface area (Å²) in [5.74, 6) is 0.580. The second-order valence-corrected chi connectivity index (χ2v) is 3.27. The fourth-order valence-corrected chi connectivity index (χ4v) is 1.58. The molecular weight excluding hydrogens is 169 g/mol. The highest BCUT2D eigenvalue weighted by Crippen LogP contribution is 2.27. The van der Waals surface area contributed by atoms with Gasteiger partial charge in [0.2, 0.25) is 0 Å². The summed E-state index contributed by atoms with van der Waals surface area (Å²) in [5, 5.41) is 0. The fourth-order valence-electron chi connectivity index (χ4n) is 1.58. The molecule has 0 saturated heterocycles. The molecule has 1 aromatic rings. The first-order valence-electron chi connectivity index (χ1n) is 4.45. The van der Waals surface area contributed by atoms with Crippen molar-refractivity contribution in [3.63, 3.8) is 0 Å². The van der Waals surface area contributed by atoms with Crippen molar-refractivity contribution in [1.82, 2.24) is 0 Å². The topological polar surface area (TPSA) is 35.2 Å². The lowest BCUT2D eigenvalue weighted by Crippen LogP contribution is -2.30. The minimum Gasteiger partial charge on any atom is -0.489 e. The molecule has 0 amide bonds. The molecule has 0 aromatic heterocycles. The summed E-state index contributed by atoms with van der Waals surface area (Å²) < 4.78 is 18.3. The van der Waals surface area contributed by atoms with Gasteiger partial charge in [0.05, 0.1) is 0 Å². The Morgan fingerprint density at radius 3 is 3.15 bits per heavy atom. The van der Waals surface area contributed by atoms with Gasteiger partial charge in [-0.1, -0.05) is 0 Å². The molecule has 3 heteroatoms. The Morgan fingerprint density at radius 2 is 2.38 bits per heavy atom. The van der Waals surface area contributed by atoms with E-state index in [-0.39, 0.29) is 11.9 Å². The second kappa shape index (κ2) is 3.34. The average Bonchev–Trinajstić information content (AvgIpc) is 2.17. The van der Waals surface area contributed by atoms with Gasteiger partial charge in [0.15, 0.2) is 0 Å². The van der Waals surface area contributed by atoms with Crippen molar-refractivity contribution >= 4 is 0 Å². The van der Waals surface area contributed by atoms with E-state index in [2.05, 4.69) is 0 Å². The molecule has 1 aromatic carbocycles. The largest absolute Gasteiger partial charge is 0.489 e. The van der Waals surface area contributed by atoms with Crippen LogP contribution in [0.2, 0.25) is 0 Å². The lowest BCUT2D eigenvalue weighted by atomic mass is 10.0. The molecule has 0 unspecified atom stereocenters. The van der Waals surface area contributed by atoms with Crippen molar-refractivity contribution in [3.05, 3.63) is 29.6 Å². The lowest BCUT2D eigenvalue weighted by Gasteiger charge is -2.24. The van der Waals surface area contributed by atoms with Crippen molar-refractivity contribution in [3.8, 4) is 5.75 Å². The normalized spacial score (nSPS) is 20.6. The zero-order chi connectivity index (χ0) is 9.26. The van der Waals surface area contributed by atoms with E-state index in [1.807, 2.05) is 0 Å². The van der Waals surface area contributed by atoms with Crippen LogP contribution in [0.15, 0.2) is 18.2 Å². The van der Waals surface area contributed by atoms with Crippen molar-refractivity contribution in [2.24, 2.45) is 5.73 Å². The minimum absolute atomic E-state index is 0.0953. The first-order chi connectivity index (χ1) is 6.29. The van der Waals surface area contributed by atoms with Crippen molar-refractivity contribution < 1.29 is 9.13 Å². The highest BCUT2D eigenvalue weighted by molar-refractivity contribution is 5.35. The van der Waals surface area contributed by atoms with Gasteiger partial charge >= 0.3 is 0 Å². The zero-order valence-electron chi connectivity index (χ0n) is 7.29. The summed E-state index contributed by atoms with van der Waals surface area (Å²) >= 11 is 0. The van der Waals surface area contributed by atoms with Crippen LogP contribution in [0.3, 0.4) is 0 Å². The van der Waals surface area contributed by atoms with Gasteiger partial charge in [-0.3, -0.25) is 0 Å². The molecule has 2 nitrogen and oxygen atoms in total. The Hall–Kier alpha value is -1.09. The van der Waals surface area contributed by atoms with Crippen LogP contribution in [-0.4, -0.2) is 12.6 Å².